The molecule has 0 bridgehead atoms. The Morgan fingerprint density at radius 1 is 1.31 bits per heavy atom. The first-order valence-corrected chi connectivity index (χ1v) is 5.62. The molecule has 16 heavy (non-hydrogen) atoms. The van der Waals surface area contributed by atoms with Crippen molar-refractivity contribution in [1.29, 1.82) is 0 Å². The van der Waals surface area contributed by atoms with Crippen molar-refractivity contribution in [2.45, 2.75) is 5.92 Å². The molecule has 0 aliphatic heterocycles. The van der Waals surface area contributed by atoms with Crippen LogP contribution < -0.4 is 5.73 Å². The summed E-state index contributed by atoms with van der Waals surface area (Å²) in [4.78, 5) is 8.28. The highest BCUT2D eigenvalue weighted by Gasteiger charge is 2.19. The molecule has 0 atom stereocenters. The summed E-state index contributed by atoms with van der Waals surface area (Å²) in [6.07, 6.45) is 11.3. The van der Waals surface area contributed by atoms with Crippen LogP contribution in [-0.2, 0) is 0 Å². The highest BCUT2D eigenvalue weighted by Crippen LogP contribution is 2.32. The molecule has 0 saturated carbocycles. The third kappa shape index (κ3) is 1.43. The van der Waals surface area contributed by atoms with Gasteiger partial charge in [-0.1, -0.05) is 35.6 Å². The van der Waals surface area contributed by atoms with Crippen LogP contribution in [0.25, 0.3) is 5.00 Å². The molecule has 1 aliphatic carbocycles. The molecule has 0 aromatic carbocycles. The van der Waals surface area contributed by atoms with E-state index in [0.29, 0.717) is 5.13 Å². The number of hydrogen-bond acceptors (Lipinski definition) is 5. The smallest absolute Gasteiger partial charge is 0.182 e. The number of nitrogen functional groups attached to an aromatic ring is 1. The van der Waals surface area contributed by atoms with E-state index < -0.39 is 0 Å². The van der Waals surface area contributed by atoms with Gasteiger partial charge in [0.1, 0.15) is 17.7 Å². The normalized spacial score (nSPS) is 15.0. The van der Waals surface area contributed by atoms with Crippen molar-refractivity contribution in [3.8, 4) is 5.00 Å². The number of allylic oxidation sites excluding steroid dienone is 4. The second kappa shape index (κ2) is 3.57. The fourth-order valence-electron chi connectivity index (χ4n) is 1.65. The molecule has 0 fully saturated rings. The van der Waals surface area contributed by atoms with Crippen LogP contribution >= 0.6 is 11.3 Å². The van der Waals surface area contributed by atoms with Gasteiger partial charge >= 0.3 is 0 Å². The Morgan fingerprint density at radius 3 is 2.81 bits per heavy atom. The van der Waals surface area contributed by atoms with Gasteiger partial charge in [0.2, 0.25) is 0 Å². The van der Waals surface area contributed by atoms with Gasteiger partial charge in [-0.15, -0.1) is 0 Å². The topological polar surface area (TPSA) is 69.6 Å². The van der Waals surface area contributed by atoms with Crippen LogP contribution in [0.5, 0.6) is 0 Å². The lowest BCUT2D eigenvalue weighted by molar-refractivity contribution is 0.864. The summed E-state index contributed by atoms with van der Waals surface area (Å²) in [5, 5.41) is 5.58. The minimum Gasteiger partial charge on any atom is -0.375 e. The zero-order valence-electron chi connectivity index (χ0n) is 8.32. The van der Waals surface area contributed by atoms with Crippen molar-refractivity contribution in [3.63, 3.8) is 0 Å². The summed E-state index contributed by atoms with van der Waals surface area (Å²) in [5.74, 6) is 0.188. The third-order valence-corrected chi connectivity index (χ3v) is 3.23. The van der Waals surface area contributed by atoms with Crippen LogP contribution in [0.2, 0.25) is 0 Å². The van der Waals surface area contributed by atoms with Crippen LogP contribution in [0, 0.1) is 0 Å². The van der Waals surface area contributed by atoms with Crippen molar-refractivity contribution in [3.05, 3.63) is 42.7 Å². The molecule has 3 rings (SSSR count). The molecule has 80 valence electrons. The van der Waals surface area contributed by atoms with E-state index in [-0.39, 0.29) is 5.92 Å². The first-order chi connectivity index (χ1) is 7.84. The minimum absolute atomic E-state index is 0.188. The van der Waals surface area contributed by atoms with E-state index in [4.69, 9.17) is 5.73 Å². The average molecular weight is 231 g/mol. The molecule has 2 N–H and O–H groups in total. The summed E-state index contributed by atoms with van der Waals surface area (Å²) >= 11 is 1.42. The number of nitrogens with two attached hydrogens (primary N) is 1. The Morgan fingerprint density at radius 2 is 2.12 bits per heavy atom. The zero-order chi connectivity index (χ0) is 11.0. The molecule has 5 nitrogen and oxygen atoms in total. The Balaban J connectivity index is 2.11. The van der Waals surface area contributed by atoms with E-state index in [2.05, 4.69) is 27.2 Å². The fourth-order valence-corrected chi connectivity index (χ4v) is 2.47. The largest absolute Gasteiger partial charge is 0.375 e. The molecule has 2 aromatic rings. The molecule has 1 aliphatic rings. The van der Waals surface area contributed by atoms with Gasteiger partial charge in [0.25, 0.3) is 0 Å². The lowest BCUT2D eigenvalue weighted by Gasteiger charge is -2.04. The highest BCUT2D eigenvalue weighted by atomic mass is 32.1. The monoisotopic (exact) mass is 231 g/mol. The van der Waals surface area contributed by atoms with Crippen LogP contribution in [0.1, 0.15) is 11.6 Å². The van der Waals surface area contributed by atoms with E-state index >= 15 is 0 Å². The van der Waals surface area contributed by atoms with Crippen LogP contribution in [-0.4, -0.2) is 19.7 Å². The predicted octanol–water partition coefficient (Wildman–Crippen LogP) is 1.52. The number of hydrogen-bond donors (Lipinski definition) is 1. The molecular weight excluding hydrogens is 222 g/mol. The maximum Gasteiger partial charge on any atom is 0.182 e. The number of anilines is 1. The Kier molecular flexibility index (Phi) is 2.07. The van der Waals surface area contributed by atoms with E-state index in [9.17, 15) is 0 Å². The maximum atomic E-state index is 5.75. The Labute approximate surface area is 96.0 Å². The predicted molar refractivity (Wildman–Crippen MR) is 62.5 cm³/mol. The number of thiazole rings is 1. The SMILES string of the molecule is Nc1nc(C2C=CC=C2)c(-n2cncn2)s1. The van der Waals surface area contributed by atoms with E-state index in [1.165, 1.54) is 17.7 Å². The molecular formula is C10H9N5S. The van der Waals surface area contributed by atoms with Gasteiger partial charge in [0.15, 0.2) is 5.13 Å². The number of aromatic nitrogens is 4. The van der Waals surface area contributed by atoms with Crippen molar-refractivity contribution >= 4 is 16.5 Å². The van der Waals surface area contributed by atoms with Crippen molar-refractivity contribution in [2.24, 2.45) is 0 Å². The maximum absolute atomic E-state index is 5.75. The fraction of sp³-hybridized carbons (Fsp3) is 0.100. The molecule has 6 heteroatoms. The lowest BCUT2D eigenvalue weighted by atomic mass is 10.1. The zero-order valence-corrected chi connectivity index (χ0v) is 9.13. The lowest BCUT2D eigenvalue weighted by Crippen LogP contribution is -1.99. The molecule has 0 unspecified atom stereocenters. The second-order valence-corrected chi connectivity index (χ2v) is 4.39. The molecule has 2 aromatic heterocycles. The number of nitrogens with zero attached hydrogens (tertiary/aromatic N) is 4. The molecule has 0 radical (unpaired) electrons. The van der Waals surface area contributed by atoms with Gasteiger partial charge < -0.3 is 5.73 Å². The standard InChI is InChI=1S/C10H9N5S/c11-10-14-8(7-3-1-2-4-7)9(16-10)15-6-12-5-13-15/h1-7H,(H2,11,14). The third-order valence-electron chi connectivity index (χ3n) is 2.34. The minimum atomic E-state index is 0.188. The molecule has 0 spiro atoms. The van der Waals surface area contributed by atoms with Crippen LogP contribution in [0.15, 0.2) is 37.0 Å². The van der Waals surface area contributed by atoms with Crippen LogP contribution in [0.3, 0.4) is 0 Å². The summed E-state index contributed by atoms with van der Waals surface area (Å²) in [7, 11) is 0. The Bertz CT molecular complexity index is 540. The van der Waals surface area contributed by atoms with Gasteiger partial charge in [0.05, 0.1) is 5.69 Å². The summed E-state index contributed by atoms with van der Waals surface area (Å²) in [5.41, 5.74) is 6.68. The summed E-state index contributed by atoms with van der Waals surface area (Å²) < 4.78 is 1.70. The second-order valence-electron chi connectivity index (χ2n) is 3.38. The van der Waals surface area contributed by atoms with Gasteiger partial charge in [-0.3, -0.25) is 0 Å². The van der Waals surface area contributed by atoms with Gasteiger partial charge in [0, 0.05) is 5.92 Å². The van der Waals surface area contributed by atoms with E-state index in [1.807, 2.05) is 12.2 Å². The van der Waals surface area contributed by atoms with Crippen molar-refractivity contribution < 1.29 is 0 Å². The first-order valence-electron chi connectivity index (χ1n) is 4.81. The molecule has 0 saturated heterocycles. The van der Waals surface area contributed by atoms with Gasteiger partial charge in [-0.05, 0) is 0 Å². The van der Waals surface area contributed by atoms with Crippen molar-refractivity contribution in [2.75, 3.05) is 5.73 Å². The number of rotatable bonds is 2. The highest BCUT2D eigenvalue weighted by molar-refractivity contribution is 7.18. The van der Waals surface area contributed by atoms with E-state index in [1.54, 1.807) is 11.0 Å². The molecule has 2 heterocycles. The van der Waals surface area contributed by atoms with Crippen LogP contribution in [0.4, 0.5) is 5.13 Å². The quantitative estimate of drug-likeness (QED) is 0.850. The summed E-state index contributed by atoms with van der Waals surface area (Å²) in [6, 6.07) is 0. The molecule has 0 amide bonds. The summed E-state index contributed by atoms with van der Waals surface area (Å²) in [6.45, 7) is 0. The Hall–Kier alpha value is -1.95. The van der Waals surface area contributed by atoms with Gasteiger partial charge in [-0.25, -0.2) is 14.6 Å². The van der Waals surface area contributed by atoms with Gasteiger partial charge in [-0.2, -0.15) is 5.10 Å². The average Bonchev–Trinajstić information content (AvgIpc) is 2.98. The van der Waals surface area contributed by atoms with E-state index in [0.717, 1.165) is 10.7 Å². The van der Waals surface area contributed by atoms with Crippen molar-refractivity contribution in [1.82, 2.24) is 19.7 Å². The first kappa shape index (κ1) is 9.29.